The van der Waals surface area contributed by atoms with Gasteiger partial charge in [0.2, 0.25) is 0 Å². The molecule has 1 aliphatic carbocycles. The molecule has 7 heteroatoms. The Morgan fingerprint density at radius 3 is 2.96 bits per heavy atom. The molecule has 6 nitrogen and oxygen atoms in total. The highest BCUT2D eigenvalue weighted by Gasteiger charge is 2.27. The number of nitrogens with zero attached hydrogens (tertiary/aromatic N) is 3. The number of benzene rings is 1. The summed E-state index contributed by atoms with van der Waals surface area (Å²) >= 11 is 1.72. The summed E-state index contributed by atoms with van der Waals surface area (Å²) in [6, 6.07) is 8.38. The van der Waals surface area contributed by atoms with Crippen molar-refractivity contribution in [3.63, 3.8) is 0 Å². The molecular formula is C20H22N4O2S. The fourth-order valence-electron chi connectivity index (χ4n) is 3.38. The molecule has 0 radical (unpaired) electrons. The number of thioether (sulfide) groups is 1. The number of carbonyl (C=O) groups excluding carboxylic acids is 1. The second-order valence-electron chi connectivity index (χ2n) is 7.01. The molecule has 0 spiro atoms. The van der Waals surface area contributed by atoms with Gasteiger partial charge >= 0.3 is 0 Å². The lowest BCUT2D eigenvalue weighted by molar-refractivity contribution is 0.101. The van der Waals surface area contributed by atoms with Crippen molar-refractivity contribution in [2.75, 3.05) is 11.6 Å². The normalized spacial score (nSPS) is 16.1. The number of hydrogen-bond acceptors (Lipinski definition) is 5. The maximum absolute atomic E-state index is 12.6. The standard InChI is InChI=1S/C20H22N4O2S/c1-13-3-8-18-17(9-13)19(23-26-18)20(25)22-15-10-21-24(12-15)11-14-4-6-16(27-2)7-5-14/h4-7,10,12-13H,3,8-9,11H2,1-2H3,(H,22,25). The van der Waals surface area contributed by atoms with Crippen molar-refractivity contribution in [3.05, 3.63) is 59.2 Å². The van der Waals surface area contributed by atoms with E-state index in [1.54, 1.807) is 18.0 Å². The molecule has 0 saturated heterocycles. The first-order chi connectivity index (χ1) is 13.1. The van der Waals surface area contributed by atoms with Gasteiger partial charge in [-0.3, -0.25) is 9.48 Å². The fraction of sp³-hybridized carbons (Fsp3) is 0.350. The lowest BCUT2D eigenvalue weighted by atomic mass is 9.88. The number of carbonyl (C=O) groups is 1. The Morgan fingerprint density at radius 1 is 1.37 bits per heavy atom. The minimum absolute atomic E-state index is 0.238. The molecule has 2 aromatic heterocycles. The number of anilines is 1. The van der Waals surface area contributed by atoms with Crippen LogP contribution in [-0.2, 0) is 19.4 Å². The van der Waals surface area contributed by atoms with Crippen LogP contribution >= 0.6 is 11.8 Å². The number of rotatable bonds is 5. The third-order valence-electron chi connectivity index (χ3n) is 4.90. The number of aryl methyl sites for hydroxylation is 1. The quantitative estimate of drug-likeness (QED) is 0.675. The molecule has 1 amide bonds. The minimum atomic E-state index is -0.238. The summed E-state index contributed by atoms with van der Waals surface area (Å²) in [5.74, 6) is 1.16. The molecule has 0 saturated carbocycles. The van der Waals surface area contributed by atoms with Crippen LogP contribution in [0.25, 0.3) is 0 Å². The van der Waals surface area contributed by atoms with Crippen molar-refractivity contribution >= 4 is 23.4 Å². The first-order valence-electron chi connectivity index (χ1n) is 9.06. The van der Waals surface area contributed by atoms with E-state index in [4.69, 9.17) is 4.52 Å². The Balaban J connectivity index is 1.43. The third-order valence-corrected chi connectivity index (χ3v) is 5.64. The number of hydrogen-bond donors (Lipinski definition) is 1. The van der Waals surface area contributed by atoms with E-state index >= 15 is 0 Å². The van der Waals surface area contributed by atoms with Gasteiger partial charge in [0.05, 0.1) is 18.4 Å². The topological polar surface area (TPSA) is 73.0 Å². The fourth-order valence-corrected chi connectivity index (χ4v) is 3.79. The SMILES string of the molecule is CSc1ccc(Cn2cc(NC(=O)c3noc4c3CC(C)CC4)cn2)cc1. The van der Waals surface area contributed by atoms with Gasteiger partial charge in [-0.15, -0.1) is 11.8 Å². The average Bonchev–Trinajstić information content (AvgIpc) is 3.28. The Bertz CT molecular complexity index is 945. The molecule has 2 heterocycles. The van der Waals surface area contributed by atoms with E-state index in [0.29, 0.717) is 23.8 Å². The van der Waals surface area contributed by atoms with E-state index in [2.05, 4.69) is 53.0 Å². The molecule has 140 valence electrons. The summed E-state index contributed by atoms with van der Waals surface area (Å²) in [4.78, 5) is 13.9. The van der Waals surface area contributed by atoms with Crippen molar-refractivity contribution in [1.82, 2.24) is 14.9 Å². The van der Waals surface area contributed by atoms with Crippen LogP contribution in [0.1, 0.15) is 40.7 Å². The van der Waals surface area contributed by atoms with Gasteiger partial charge in [-0.25, -0.2) is 0 Å². The number of amides is 1. The highest BCUT2D eigenvalue weighted by molar-refractivity contribution is 7.98. The molecule has 4 rings (SSSR count). The minimum Gasteiger partial charge on any atom is -0.360 e. The molecule has 1 unspecified atom stereocenters. The molecule has 1 aromatic carbocycles. The van der Waals surface area contributed by atoms with Crippen molar-refractivity contribution < 1.29 is 9.32 Å². The lowest BCUT2D eigenvalue weighted by Crippen LogP contribution is -2.17. The van der Waals surface area contributed by atoms with E-state index in [1.807, 2.05) is 10.9 Å². The molecule has 1 atom stereocenters. The molecule has 27 heavy (non-hydrogen) atoms. The molecule has 0 aliphatic heterocycles. The molecule has 0 fully saturated rings. The molecule has 3 aromatic rings. The van der Waals surface area contributed by atoms with Crippen molar-refractivity contribution in [1.29, 1.82) is 0 Å². The number of aromatic nitrogens is 3. The smallest absolute Gasteiger partial charge is 0.278 e. The summed E-state index contributed by atoms with van der Waals surface area (Å²) in [6.45, 7) is 2.84. The highest BCUT2D eigenvalue weighted by Crippen LogP contribution is 2.28. The molecule has 1 aliphatic rings. The Labute approximate surface area is 162 Å². The Morgan fingerprint density at radius 2 is 2.19 bits per heavy atom. The average molecular weight is 382 g/mol. The van der Waals surface area contributed by atoms with Crippen molar-refractivity contribution in [2.45, 2.75) is 37.6 Å². The predicted molar refractivity (Wildman–Crippen MR) is 105 cm³/mol. The van der Waals surface area contributed by atoms with Crippen LogP contribution in [0.4, 0.5) is 5.69 Å². The highest BCUT2D eigenvalue weighted by atomic mass is 32.2. The molecular weight excluding hydrogens is 360 g/mol. The lowest BCUT2D eigenvalue weighted by Gasteiger charge is -2.16. The maximum atomic E-state index is 12.6. The summed E-state index contributed by atoms with van der Waals surface area (Å²) in [5.41, 5.74) is 3.17. The van der Waals surface area contributed by atoms with Crippen LogP contribution in [0.2, 0.25) is 0 Å². The Hall–Kier alpha value is -2.54. The van der Waals surface area contributed by atoms with E-state index in [0.717, 1.165) is 36.1 Å². The first kappa shape index (κ1) is 17.9. The second-order valence-corrected chi connectivity index (χ2v) is 7.89. The van der Waals surface area contributed by atoms with Crippen LogP contribution in [0, 0.1) is 5.92 Å². The van der Waals surface area contributed by atoms with Crippen molar-refractivity contribution in [2.24, 2.45) is 5.92 Å². The van der Waals surface area contributed by atoms with E-state index < -0.39 is 0 Å². The van der Waals surface area contributed by atoms with Crippen LogP contribution in [-0.4, -0.2) is 27.1 Å². The van der Waals surface area contributed by atoms with E-state index in [-0.39, 0.29) is 5.91 Å². The predicted octanol–water partition coefficient (Wildman–Crippen LogP) is 4.02. The van der Waals surface area contributed by atoms with E-state index in [9.17, 15) is 4.79 Å². The third kappa shape index (κ3) is 3.93. The Kier molecular flexibility index (Phi) is 5.03. The summed E-state index contributed by atoms with van der Waals surface area (Å²) in [6.07, 6.45) is 8.31. The first-order valence-corrected chi connectivity index (χ1v) is 10.3. The summed E-state index contributed by atoms with van der Waals surface area (Å²) in [7, 11) is 0. The summed E-state index contributed by atoms with van der Waals surface area (Å²) < 4.78 is 7.17. The van der Waals surface area contributed by atoms with Gasteiger partial charge in [0.25, 0.3) is 5.91 Å². The van der Waals surface area contributed by atoms with Gasteiger partial charge in [0.15, 0.2) is 5.69 Å². The number of fused-ring (bicyclic) bond motifs is 1. The molecule has 1 N–H and O–H groups in total. The van der Waals surface area contributed by atoms with Crippen LogP contribution in [0.5, 0.6) is 0 Å². The van der Waals surface area contributed by atoms with Gasteiger partial charge in [0, 0.05) is 23.1 Å². The van der Waals surface area contributed by atoms with Gasteiger partial charge in [-0.05, 0) is 42.7 Å². The van der Waals surface area contributed by atoms with Crippen LogP contribution < -0.4 is 5.32 Å². The van der Waals surface area contributed by atoms with E-state index in [1.165, 1.54) is 4.90 Å². The largest absolute Gasteiger partial charge is 0.360 e. The van der Waals surface area contributed by atoms with Crippen LogP contribution in [0.3, 0.4) is 0 Å². The van der Waals surface area contributed by atoms with Crippen molar-refractivity contribution in [3.8, 4) is 0 Å². The van der Waals surface area contributed by atoms with Gasteiger partial charge in [0.1, 0.15) is 5.76 Å². The van der Waals surface area contributed by atoms with Crippen LogP contribution in [0.15, 0.2) is 46.1 Å². The summed E-state index contributed by atoms with van der Waals surface area (Å²) in [5, 5.41) is 11.2. The maximum Gasteiger partial charge on any atom is 0.278 e. The zero-order chi connectivity index (χ0) is 18.8. The number of nitrogens with one attached hydrogen (secondary N) is 1. The van der Waals surface area contributed by atoms with Gasteiger partial charge in [-0.1, -0.05) is 24.2 Å². The zero-order valence-electron chi connectivity index (χ0n) is 15.4. The molecule has 0 bridgehead atoms. The van der Waals surface area contributed by atoms with Gasteiger partial charge in [-0.2, -0.15) is 5.10 Å². The zero-order valence-corrected chi connectivity index (χ0v) is 16.3. The monoisotopic (exact) mass is 382 g/mol. The second kappa shape index (κ2) is 7.60. The van der Waals surface area contributed by atoms with Gasteiger partial charge < -0.3 is 9.84 Å².